The number of anilines is 1. The Bertz CT molecular complexity index is 1040. The first-order valence-corrected chi connectivity index (χ1v) is 12.2. The molecule has 0 aliphatic heterocycles. The Labute approximate surface area is 194 Å². The minimum Gasteiger partial charge on any atom is -0.497 e. The van der Waals surface area contributed by atoms with E-state index in [-0.39, 0.29) is 24.9 Å². The van der Waals surface area contributed by atoms with Crippen molar-refractivity contribution in [2.45, 2.75) is 25.8 Å². The van der Waals surface area contributed by atoms with Crippen molar-refractivity contribution in [3.05, 3.63) is 47.0 Å². The molecule has 0 radical (unpaired) electrons. The minimum absolute atomic E-state index is 0.131. The highest BCUT2D eigenvalue weighted by Crippen LogP contribution is 2.31. The first kappa shape index (κ1) is 25.6. The molecule has 0 unspecified atom stereocenters. The number of benzene rings is 2. The number of ether oxygens (including phenoxy) is 3. The lowest BCUT2D eigenvalue weighted by atomic mass is 10.1. The van der Waals surface area contributed by atoms with Crippen molar-refractivity contribution >= 4 is 33.2 Å². The van der Waals surface area contributed by atoms with Crippen LogP contribution < -0.4 is 23.8 Å². The molecule has 8 nitrogen and oxygen atoms in total. The van der Waals surface area contributed by atoms with Crippen molar-refractivity contribution in [1.29, 1.82) is 0 Å². The second-order valence-electron chi connectivity index (χ2n) is 7.15. The molecule has 2 aromatic rings. The fraction of sp³-hybridized carbons (Fsp3) is 0.409. The lowest BCUT2D eigenvalue weighted by Gasteiger charge is -2.23. The van der Waals surface area contributed by atoms with Crippen molar-refractivity contribution in [2.75, 3.05) is 38.4 Å². The molecular weight excluding hydrogens is 456 g/mol. The number of amides is 1. The van der Waals surface area contributed by atoms with E-state index in [1.165, 1.54) is 17.5 Å². The summed E-state index contributed by atoms with van der Waals surface area (Å²) < 4.78 is 41.5. The van der Waals surface area contributed by atoms with Crippen LogP contribution in [0.15, 0.2) is 36.4 Å². The third kappa shape index (κ3) is 6.67. The van der Waals surface area contributed by atoms with Crippen molar-refractivity contribution < 1.29 is 27.4 Å². The predicted molar refractivity (Wildman–Crippen MR) is 126 cm³/mol. The van der Waals surface area contributed by atoms with Crippen LogP contribution in [0.4, 0.5) is 5.69 Å². The van der Waals surface area contributed by atoms with Crippen LogP contribution in [-0.2, 0) is 14.8 Å². The van der Waals surface area contributed by atoms with Crippen molar-refractivity contribution in [2.24, 2.45) is 0 Å². The van der Waals surface area contributed by atoms with Gasteiger partial charge in [0.2, 0.25) is 15.9 Å². The number of sulfonamides is 1. The Morgan fingerprint density at radius 2 is 1.72 bits per heavy atom. The fourth-order valence-electron chi connectivity index (χ4n) is 3.25. The monoisotopic (exact) mass is 484 g/mol. The first-order chi connectivity index (χ1) is 15.1. The smallest absolute Gasteiger partial charge is 0.232 e. The third-order valence-corrected chi connectivity index (χ3v) is 6.36. The number of nitrogens with zero attached hydrogens (tertiary/aromatic N) is 1. The summed E-state index contributed by atoms with van der Waals surface area (Å²) >= 11 is 6.14. The van der Waals surface area contributed by atoms with Gasteiger partial charge >= 0.3 is 0 Å². The van der Waals surface area contributed by atoms with E-state index in [2.05, 4.69) is 5.32 Å². The Balaban J connectivity index is 2.03. The zero-order valence-corrected chi connectivity index (χ0v) is 20.4. The number of carbonyl (C=O) groups is 1. The Kier molecular flexibility index (Phi) is 9.03. The van der Waals surface area contributed by atoms with E-state index in [1.54, 1.807) is 38.5 Å². The number of methoxy groups -OCH3 is 3. The lowest BCUT2D eigenvalue weighted by molar-refractivity contribution is -0.121. The number of hydrogen-bond acceptors (Lipinski definition) is 6. The maximum Gasteiger partial charge on any atom is 0.232 e. The van der Waals surface area contributed by atoms with E-state index in [4.69, 9.17) is 25.8 Å². The number of carbonyl (C=O) groups excluding carboxylic acids is 1. The third-order valence-electron chi connectivity index (χ3n) is 4.87. The van der Waals surface area contributed by atoms with Crippen LogP contribution in [0.25, 0.3) is 0 Å². The van der Waals surface area contributed by atoms with Crippen molar-refractivity contribution in [3.63, 3.8) is 0 Å². The molecule has 0 spiro atoms. The molecule has 1 amide bonds. The zero-order valence-electron chi connectivity index (χ0n) is 18.8. The molecular formula is C22H29ClN2O6S. The van der Waals surface area contributed by atoms with E-state index in [1.807, 2.05) is 13.0 Å². The molecule has 176 valence electrons. The minimum atomic E-state index is -3.56. The lowest BCUT2D eigenvalue weighted by Crippen LogP contribution is -2.32. The highest BCUT2D eigenvalue weighted by molar-refractivity contribution is 7.92. The van der Waals surface area contributed by atoms with Gasteiger partial charge in [0.05, 0.1) is 44.3 Å². The summed E-state index contributed by atoms with van der Waals surface area (Å²) in [4.78, 5) is 12.5. The number of halogens is 1. The molecule has 0 saturated carbocycles. The maximum atomic E-state index is 12.5. The molecule has 2 aromatic carbocycles. The molecule has 1 atom stereocenters. The quantitative estimate of drug-likeness (QED) is 0.521. The van der Waals surface area contributed by atoms with Gasteiger partial charge in [0.15, 0.2) is 0 Å². The van der Waals surface area contributed by atoms with E-state index in [9.17, 15) is 13.2 Å². The molecule has 0 saturated heterocycles. The normalized spacial score (nSPS) is 12.1. The summed E-state index contributed by atoms with van der Waals surface area (Å²) in [6, 6.07) is 9.79. The molecule has 0 heterocycles. The molecule has 10 heteroatoms. The summed E-state index contributed by atoms with van der Waals surface area (Å²) in [6.07, 6.45) is 1.58. The van der Waals surface area contributed by atoms with Gasteiger partial charge in [-0.3, -0.25) is 9.10 Å². The van der Waals surface area contributed by atoms with Crippen LogP contribution in [0.2, 0.25) is 5.02 Å². The van der Waals surface area contributed by atoms with Gasteiger partial charge < -0.3 is 19.5 Å². The molecule has 0 aromatic heterocycles. The van der Waals surface area contributed by atoms with E-state index < -0.39 is 10.0 Å². The molecule has 32 heavy (non-hydrogen) atoms. The summed E-state index contributed by atoms with van der Waals surface area (Å²) in [6.45, 7) is 1.98. The van der Waals surface area contributed by atoms with Gasteiger partial charge in [0, 0.05) is 18.5 Å². The number of nitrogens with one attached hydrogen (secondary N) is 1. The van der Waals surface area contributed by atoms with Gasteiger partial charge in [0.1, 0.15) is 17.2 Å². The number of hydrogen-bond donors (Lipinski definition) is 1. The van der Waals surface area contributed by atoms with E-state index in [0.29, 0.717) is 34.4 Å². The standard InChI is InChI=1S/C22H29ClN2O6S/c1-15(18-14-17(29-2)9-11-20(18)30-3)24-22(26)7-6-12-25(32(5,27)28)16-8-10-21(31-4)19(23)13-16/h8-11,13-15H,6-7,12H2,1-5H3,(H,24,26)/t15-/m0/s1. The largest absolute Gasteiger partial charge is 0.497 e. The van der Waals surface area contributed by atoms with Gasteiger partial charge in [-0.2, -0.15) is 0 Å². The summed E-state index contributed by atoms with van der Waals surface area (Å²) in [5.74, 6) is 1.54. The van der Waals surface area contributed by atoms with Crippen LogP contribution in [0.1, 0.15) is 31.4 Å². The van der Waals surface area contributed by atoms with Crippen LogP contribution in [0.5, 0.6) is 17.2 Å². The van der Waals surface area contributed by atoms with Crippen LogP contribution in [0, 0.1) is 0 Å². The highest BCUT2D eigenvalue weighted by atomic mass is 35.5. The topological polar surface area (TPSA) is 94.2 Å². The first-order valence-electron chi connectivity index (χ1n) is 9.93. The average molecular weight is 485 g/mol. The van der Waals surface area contributed by atoms with Crippen molar-refractivity contribution in [3.8, 4) is 17.2 Å². The summed E-state index contributed by atoms with van der Waals surface area (Å²) in [5, 5.41) is 3.22. The molecule has 0 fully saturated rings. The Hall–Kier alpha value is -2.65. The number of rotatable bonds is 11. The molecule has 0 bridgehead atoms. The van der Waals surface area contributed by atoms with Gasteiger partial charge in [-0.05, 0) is 49.7 Å². The van der Waals surface area contributed by atoms with Gasteiger partial charge in [0.25, 0.3) is 0 Å². The van der Waals surface area contributed by atoms with Crippen LogP contribution in [0.3, 0.4) is 0 Å². The predicted octanol–water partition coefficient (Wildman–Crippen LogP) is 3.79. The van der Waals surface area contributed by atoms with Crippen LogP contribution in [-0.4, -0.2) is 48.5 Å². The average Bonchev–Trinajstić information content (AvgIpc) is 2.75. The molecule has 0 aliphatic carbocycles. The van der Waals surface area contributed by atoms with E-state index >= 15 is 0 Å². The highest BCUT2D eigenvalue weighted by Gasteiger charge is 2.20. The summed E-state index contributed by atoms with van der Waals surface area (Å²) in [7, 11) is 1.05. The second kappa shape index (κ2) is 11.3. The summed E-state index contributed by atoms with van der Waals surface area (Å²) in [5.41, 5.74) is 1.19. The maximum absolute atomic E-state index is 12.5. The van der Waals surface area contributed by atoms with Gasteiger partial charge in [-0.15, -0.1) is 0 Å². The van der Waals surface area contributed by atoms with E-state index in [0.717, 1.165) is 11.8 Å². The Morgan fingerprint density at radius 1 is 1.06 bits per heavy atom. The molecule has 2 rings (SSSR count). The molecule has 1 N–H and O–H groups in total. The SMILES string of the molecule is COc1ccc(OC)c([C@H](C)NC(=O)CCCN(c2ccc(OC)c(Cl)c2)S(C)(=O)=O)c1. The second-order valence-corrected chi connectivity index (χ2v) is 9.47. The van der Waals surface area contributed by atoms with Gasteiger partial charge in [-0.25, -0.2) is 8.42 Å². The van der Waals surface area contributed by atoms with Crippen molar-refractivity contribution in [1.82, 2.24) is 5.32 Å². The van der Waals surface area contributed by atoms with Crippen LogP contribution >= 0.6 is 11.6 Å². The zero-order chi connectivity index (χ0) is 23.9. The van der Waals surface area contributed by atoms with Gasteiger partial charge in [-0.1, -0.05) is 11.6 Å². The fourth-order valence-corrected chi connectivity index (χ4v) is 4.46. The Morgan fingerprint density at radius 3 is 2.28 bits per heavy atom. The molecule has 0 aliphatic rings.